The van der Waals surface area contributed by atoms with E-state index in [0.717, 1.165) is 37.6 Å². The third-order valence-corrected chi connectivity index (χ3v) is 6.71. The van der Waals surface area contributed by atoms with Gasteiger partial charge in [-0.1, -0.05) is 30.3 Å². The molecule has 2 saturated carbocycles. The first-order chi connectivity index (χ1) is 13.7. The summed E-state index contributed by atoms with van der Waals surface area (Å²) in [4.78, 5) is 15.0. The average molecular weight is 379 g/mol. The van der Waals surface area contributed by atoms with Crippen LogP contribution >= 0.6 is 0 Å². The predicted molar refractivity (Wildman–Crippen MR) is 109 cm³/mol. The zero-order valence-electron chi connectivity index (χ0n) is 16.7. The van der Waals surface area contributed by atoms with Crippen molar-refractivity contribution >= 4 is 6.03 Å². The average Bonchev–Trinajstić information content (AvgIpc) is 3.64. The molecule has 5 rings (SSSR count). The van der Waals surface area contributed by atoms with E-state index >= 15 is 0 Å². The Labute approximate surface area is 167 Å². The molecule has 3 aliphatic rings. The van der Waals surface area contributed by atoms with Crippen molar-refractivity contribution in [1.82, 2.24) is 20.0 Å². The molecule has 1 aromatic heterocycles. The number of aromatic nitrogens is 2. The van der Waals surface area contributed by atoms with Gasteiger partial charge in [0.1, 0.15) is 0 Å². The number of rotatable bonds is 6. The maximum absolute atomic E-state index is 13.0. The number of benzene rings is 1. The fraction of sp³-hybridized carbons (Fsp3) is 0.565. The van der Waals surface area contributed by atoms with Crippen LogP contribution in [0.1, 0.15) is 61.4 Å². The standard InChI is InChI=1S/C23H30N4O/c1-26(22(17-10-11-17)18-12-13-18)23(28)25-20-8-5-9-21-19(20)14-24-27(21)15-16-6-3-2-4-7-16/h2-4,6-7,14,17-18,20,22H,5,8-13,15H2,1H3,(H,25,28). The van der Waals surface area contributed by atoms with E-state index in [1.54, 1.807) is 0 Å². The summed E-state index contributed by atoms with van der Waals surface area (Å²) in [7, 11) is 2.00. The van der Waals surface area contributed by atoms with Crippen molar-refractivity contribution in [2.24, 2.45) is 11.8 Å². The molecule has 148 valence electrons. The molecule has 0 aliphatic heterocycles. The van der Waals surface area contributed by atoms with Gasteiger partial charge in [-0.05, 0) is 62.3 Å². The van der Waals surface area contributed by atoms with E-state index in [1.807, 2.05) is 24.2 Å². The van der Waals surface area contributed by atoms with Gasteiger partial charge in [0.25, 0.3) is 0 Å². The molecule has 1 aromatic carbocycles. The lowest BCUT2D eigenvalue weighted by Gasteiger charge is -2.32. The highest BCUT2D eigenvalue weighted by atomic mass is 16.2. The van der Waals surface area contributed by atoms with Crippen LogP contribution in [0, 0.1) is 11.8 Å². The van der Waals surface area contributed by atoms with Gasteiger partial charge in [0.15, 0.2) is 0 Å². The van der Waals surface area contributed by atoms with Crippen molar-refractivity contribution in [1.29, 1.82) is 0 Å². The molecule has 1 heterocycles. The van der Waals surface area contributed by atoms with E-state index in [0.29, 0.717) is 6.04 Å². The summed E-state index contributed by atoms with van der Waals surface area (Å²) in [5.41, 5.74) is 3.75. The van der Waals surface area contributed by atoms with E-state index in [2.05, 4.69) is 39.4 Å². The molecule has 28 heavy (non-hydrogen) atoms. The summed E-state index contributed by atoms with van der Waals surface area (Å²) in [5, 5.41) is 7.99. The van der Waals surface area contributed by atoms with Crippen LogP contribution in [0.25, 0.3) is 0 Å². The van der Waals surface area contributed by atoms with Gasteiger partial charge in [0.2, 0.25) is 0 Å². The number of carbonyl (C=O) groups is 1. The highest BCUT2D eigenvalue weighted by molar-refractivity contribution is 5.75. The van der Waals surface area contributed by atoms with Gasteiger partial charge in [-0.25, -0.2) is 4.79 Å². The highest BCUT2D eigenvalue weighted by Gasteiger charge is 2.45. The van der Waals surface area contributed by atoms with E-state index < -0.39 is 0 Å². The lowest BCUT2D eigenvalue weighted by molar-refractivity contribution is 0.169. The molecule has 5 nitrogen and oxygen atoms in total. The number of urea groups is 1. The number of hydrogen-bond acceptors (Lipinski definition) is 2. The summed E-state index contributed by atoms with van der Waals surface area (Å²) >= 11 is 0. The third kappa shape index (κ3) is 3.54. The van der Waals surface area contributed by atoms with Crippen LogP contribution in [-0.2, 0) is 13.0 Å². The normalized spacial score (nSPS) is 21.4. The second-order valence-electron chi connectivity index (χ2n) is 8.86. The van der Waals surface area contributed by atoms with Crippen LogP contribution < -0.4 is 5.32 Å². The van der Waals surface area contributed by atoms with Crippen LogP contribution in [0.3, 0.4) is 0 Å². The van der Waals surface area contributed by atoms with E-state index in [9.17, 15) is 4.79 Å². The first-order valence-electron chi connectivity index (χ1n) is 10.8. The van der Waals surface area contributed by atoms with Crippen molar-refractivity contribution in [2.75, 3.05) is 7.05 Å². The van der Waals surface area contributed by atoms with Gasteiger partial charge < -0.3 is 10.2 Å². The quantitative estimate of drug-likeness (QED) is 0.821. The minimum absolute atomic E-state index is 0.0854. The predicted octanol–water partition coefficient (Wildman–Crippen LogP) is 4.14. The zero-order valence-corrected chi connectivity index (χ0v) is 16.7. The zero-order chi connectivity index (χ0) is 19.1. The molecule has 0 bridgehead atoms. The molecule has 1 N–H and O–H groups in total. The summed E-state index contributed by atoms with van der Waals surface area (Å²) < 4.78 is 2.11. The number of hydrogen-bond donors (Lipinski definition) is 1. The monoisotopic (exact) mass is 378 g/mol. The maximum Gasteiger partial charge on any atom is 0.317 e. The van der Waals surface area contributed by atoms with Gasteiger partial charge in [0.05, 0.1) is 18.8 Å². The second kappa shape index (κ2) is 7.26. The summed E-state index contributed by atoms with van der Waals surface area (Å²) in [6, 6.07) is 11.1. The molecular formula is C23H30N4O. The van der Waals surface area contributed by atoms with Gasteiger partial charge >= 0.3 is 6.03 Å². The van der Waals surface area contributed by atoms with Gasteiger partial charge in [-0.3, -0.25) is 4.68 Å². The Balaban J connectivity index is 1.29. The fourth-order valence-electron chi connectivity index (χ4n) is 4.94. The largest absolute Gasteiger partial charge is 0.331 e. The molecular weight excluding hydrogens is 348 g/mol. The van der Waals surface area contributed by atoms with Crippen molar-refractivity contribution in [3.05, 3.63) is 53.3 Å². The SMILES string of the molecule is CN(C(=O)NC1CCCc2c1cnn2Cc1ccccc1)C(C1CC1)C1CC1. The lowest BCUT2D eigenvalue weighted by atomic mass is 9.93. The van der Waals surface area contributed by atoms with Gasteiger partial charge in [-0.15, -0.1) is 0 Å². The summed E-state index contributed by atoms with van der Waals surface area (Å²) in [6.07, 6.45) is 10.3. The molecule has 1 unspecified atom stereocenters. The molecule has 3 aliphatic carbocycles. The van der Waals surface area contributed by atoms with Crippen LogP contribution in [0.15, 0.2) is 36.5 Å². The van der Waals surface area contributed by atoms with Crippen LogP contribution in [0.5, 0.6) is 0 Å². The van der Waals surface area contributed by atoms with Crippen LogP contribution in [-0.4, -0.2) is 33.8 Å². The van der Waals surface area contributed by atoms with E-state index in [-0.39, 0.29) is 12.1 Å². The van der Waals surface area contributed by atoms with Gasteiger partial charge in [-0.2, -0.15) is 5.10 Å². The Bertz CT molecular complexity index is 826. The van der Waals surface area contributed by atoms with Crippen molar-refractivity contribution in [3.8, 4) is 0 Å². The lowest BCUT2D eigenvalue weighted by Crippen LogP contribution is -2.47. The number of carbonyl (C=O) groups excluding carboxylic acids is 1. The van der Waals surface area contributed by atoms with Crippen LogP contribution in [0.4, 0.5) is 4.79 Å². The molecule has 0 saturated heterocycles. The van der Waals surface area contributed by atoms with Crippen LogP contribution in [0.2, 0.25) is 0 Å². The molecule has 2 aromatic rings. The number of nitrogens with one attached hydrogen (secondary N) is 1. The number of amides is 2. The Morgan fingerprint density at radius 2 is 1.89 bits per heavy atom. The first-order valence-corrected chi connectivity index (χ1v) is 10.8. The number of nitrogens with zero attached hydrogens (tertiary/aromatic N) is 3. The molecule has 1 atom stereocenters. The first kappa shape index (κ1) is 17.8. The second-order valence-corrected chi connectivity index (χ2v) is 8.86. The Morgan fingerprint density at radius 1 is 1.18 bits per heavy atom. The van der Waals surface area contributed by atoms with Crippen molar-refractivity contribution in [3.63, 3.8) is 0 Å². The van der Waals surface area contributed by atoms with E-state index in [4.69, 9.17) is 0 Å². The summed E-state index contributed by atoms with van der Waals surface area (Å²) in [6.45, 7) is 0.794. The number of fused-ring (bicyclic) bond motifs is 1. The Hall–Kier alpha value is -2.30. The fourth-order valence-corrected chi connectivity index (χ4v) is 4.94. The minimum Gasteiger partial charge on any atom is -0.331 e. The smallest absolute Gasteiger partial charge is 0.317 e. The van der Waals surface area contributed by atoms with E-state index in [1.165, 1.54) is 42.5 Å². The minimum atomic E-state index is 0.0854. The van der Waals surface area contributed by atoms with Crippen molar-refractivity contribution in [2.45, 2.75) is 63.6 Å². The molecule has 2 amide bonds. The molecule has 5 heteroatoms. The molecule has 2 fully saturated rings. The van der Waals surface area contributed by atoms with Gasteiger partial charge in [0, 0.05) is 24.3 Å². The highest BCUT2D eigenvalue weighted by Crippen LogP contribution is 2.47. The Kier molecular flexibility index (Phi) is 4.61. The maximum atomic E-state index is 13.0. The molecule has 0 radical (unpaired) electrons. The summed E-state index contributed by atoms with van der Waals surface area (Å²) in [5.74, 6) is 1.47. The Morgan fingerprint density at radius 3 is 2.57 bits per heavy atom. The topological polar surface area (TPSA) is 50.2 Å². The third-order valence-electron chi connectivity index (χ3n) is 6.71. The van der Waals surface area contributed by atoms with Crippen molar-refractivity contribution < 1.29 is 4.79 Å². The molecule has 0 spiro atoms.